The number of amides is 1. The van der Waals surface area contributed by atoms with Crippen molar-refractivity contribution < 1.29 is 4.79 Å². The molecule has 1 heterocycles. The zero-order chi connectivity index (χ0) is 19.3. The molecule has 1 saturated carbocycles. The van der Waals surface area contributed by atoms with Crippen LogP contribution in [0.4, 0.5) is 0 Å². The Kier molecular flexibility index (Phi) is 5.58. The van der Waals surface area contributed by atoms with Gasteiger partial charge in [-0.2, -0.15) is 0 Å². The number of thioether (sulfide) groups is 1. The molecule has 1 atom stereocenters. The van der Waals surface area contributed by atoms with Crippen molar-refractivity contribution in [3.05, 3.63) is 78.9 Å². The van der Waals surface area contributed by atoms with Gasteiger partial charge in [-0.15, -0.1) is 16.8 Å². The maximum absolute atomic E-state index is 12.9. The number of allylic oxidation sites excluding steroid dienone is 1. The number of nitrogens with one attached hydrogen (secondary N) is 1. The van der Waals surface area contributed by atoms with E-state index in [1.165, 1.54) is 11.8 Å². The number of nitrogens with zero attached hydrogens (tertiary/aromatic N) is 3. The summed E-state index contributed by atoms with van der Waals surface area (Å²) in [7, 11) is 0. The first-order valence-electron chi connectivity index (χ1n) is 9.37. The maximum Gasteiger partial charge on any atom is 0.238 e. The van der Waals surface area contributed by atoms with Crippen LogP contribution in [0.2, 0.25) is 0 Å². The third-order valence-electron chi connectivity index (χ3n) is 4.55. The summed E-state index contributed by atoms with van der Waals surface area (Å²) in [6.45, 7) is 4.44. The molecule has 0 saturated heterocycles. The SMILES string of the molecule is C=CCn1c(S[C@@H](C(=O)NC2CC2)c2ccccc2)nnc1-c1ccccc1. The van der Waals surface area contributed by atoms with Crippen LogP contribution in [0.3, 0.4) is 0 Å². The molecule has 4 rings (SSSR count). The summed E-state index contributed by atoms with van der Waals surface area (Å²) < 4.78 is 2.01. The molecule has 142 valence electrons. The van der Waals surface area contributed by atoms with Crippen LogP contribution in [0, 0.1) is 0 Å². The highest BCUT2D eigenvalue weighted by atomic mass is 32.2. The Bertz CT molecular complexity index is 951. The molecule has 1 fully saturated rings. The maximum atomic E-state index is 12.9. The number of hydrogen-bond donors (Lipinski definition) is 1. The molecule has 5 nitrogen and oxygen atoms in total. The largest absolute Gasteiger partial charge is 0.352 e. The van der Waals surface area contributed by atoms with E-state index in [-0.39, 0.29) is 11.2 Å². The molecule has 0 unspecified atom stereocenters. The average molecular weight is 391 g/mol. The summed E-state index contributed by atoms with van der Waals surface area (Å²) in [5.74, 6) is 0.797. The first-order valence-corrected chi connectivity index (χ1v) is 10.3. The van der Waals surface area contributed by atoms with Gasteiger partial charge in [-0.1, -0.05) is 78.5 Å². The van der Waals surface area contributed by atoms with Crippen LogP contribution in [0.25, 0.3) is 11.4 Å². The number of hydrogen-bond acceptors (Lipinski definition) is 4. The highest BCUT2D eigenvalue weighted by molar-refractivity contribution is 8.00. The summed E-state index contributed by atoms with van der Waals surface area (Å²) in [4.78, 5) is 12.9. The normalized spacial score (nSPS) is 14.4. The van der Waals surface area contributed by atoms with Crippen molar-refractivity contribution in [2.45, 2.75) is 35.8 Å². The van der Waals surface area contributed by atoms with Crippen molar-refractivity contribution in [1.29, 1.82) is 0 Å². The van der Waals surface area contributed by atoms with Gasteiger partial charge in [0, 0.05) is 18.2 Å². The lowest BCUT2D eigenvalue weighted by atomic mass is 10.1. The monoisotopic (exact) mass is 390 g/mol. The molecule has 28 heavy (non-hydrogen) atoms. The quantitative estimate of drug-likeness (QED) is 0.462. The Balaban J connectivity index is 1.67. The minimum atomic E-state index is -0.377. The standard InChI is InChI=1S/C22H22N4OS/c1-2-15-26-20(17-11-7-4-8-12-17)24-25-22(26)28-19(16-9-5-3-6-10-16)21(27)23-18-13-14-18/h2-12,18-19H,1,13-15H2,(H,23,27)/t19-/m1/s1. The van der Waals surface area contributed by atoms with Crippen molar-refractivity contribution in [1.82, 2.24) is 20.1 Å². The number of rotatable bonds is 8. The number of carbonyl (C=O) groups is 1. The lowest BCUT2D eigenvalue weighted by Gasteiger charge is -2.17. The molecule has 1 aliphatic rings. The number of benzene rings is 2. The Morgan fingerprint density at radius 2 is 1.82 bits per heavy atom. The molecule has 6 heteroatoms. The lowest BCUT2D eigenvalue weighted by molar-refractivity contribution is -0.120. The molecule has 0 bridgehead atoms. The van der Waals surface area contributed by atoms with Gasteiger partial charge in [-0.3, -0.25) is 9.36 Å². The molecule has 1 amide bonds. The van der Waals surface area contributed by atoms with Gasteiger partial charge < -0.3 is 5.32 Å². The first-order chi connectivity index (χ1) is 13.8. The van der Waals surface area contributed by atoms with E-state index in [0.29, 0.717) is 17.7 Å². The Morgan fingerprint density at radius 1 is 1.14 bits per heavy atom. The molecule has 1 N–H and O–H groups in total. The molecule has 0 spiro atoms. The van der Waals surface area contributed by atoms with E-state index >= 15 is 0 Å². The molecule has 0 radical (unpaired) electrons. The molecular weight excluding hydrogens is 368 g/mol. The third kappa shape index (κ3) is 4.17. The van der Waals surface area contributed by atoms with Gasteiger partial charge in [0.1, 0.15) is 5.25 Å². The van der Waals surface area contributed by atoms with Gasteiger partial charge in [-0.25, -0.2) is 0 Å². The van der Waals surface area contributed by atoms with Gasteiger partial charge in [0.2, 0.25) is 5.91 Å². The smallest absolute Gasteiger partial charge is 0.238 e. The summed E-state index contributed by atoms with van der Waals surface area (Å²) in [6.07, 6.45) is 3.94. The fourth-order valence-electron chi connectivity index (χ4n) is 2.98. The van der Waals surface area contributed by atoms with Crippen LogP contribution in [0.5, 0.6) is 0 Å². The minimum Gasteiger partial charge on any atom is -0.352 e. The topological polar surface area (TPSA) is 59.8 Å². The van der Waals surface area contributed by atoms with Crippen LogP contribution < -0.4 is 5.32 Å². The van der Waals surface area contributed by atoms with Crippen molar-refractivity contribution in [3.8, 4) is 11.4 Å². The van der Waals surface area contributed by atoms with Gasteiger partial charge in [0.25, 0.3) is 0 Å². The van der Waals surface area contributed by atoms with Gasteiger partial charge in [-0.05, 0) is 18.4 Å². The average Bonchev–Trinajstić information content (AvgIpc) is 3.46. The Labute approximate surface area is 168 Å². The third-order valence-corrected chi connectivity index (χ3v) is 5.78. The Hall–Kier alpha value is -2.86. The van der Waals surface area contributed by atoms with Crippen LogP contribution in [-0.2, 0) is 11.3 Å². The molecule has 0 aliphatic heterocycles. The van der Waals surface area contributed by atoms with Crippen molar-refractivity contribution >= 4 is 17.7 Å². The van der Waals surface area contributed by atoms with Gasteiger partial charge in [0.15, 0.2) is 11.0 Å². The fourth-order valence-corrected chi connectivity index (χ4v) is 4.04. The first kappa shape index (κ1) is 18.5. The summed E-state index contributed by atoms with van der Waals surface area (Å²) in [5, 5.41) is 12.3. The summed E-state index contributed by atoms with van der Waals surface area (Å²) >= 11 is 1.43. The van der Waals surface area contributed by atoms with E-state index in [1.807, 2.05) is 71.3 Å². The number of aromatic nitrogens is 3. The second-order valence-electron chi connectivity index (χ2n) is 6.76. The Morgan fingerprint density at radius 3 is 2.46 bits per heavy atom. The predicted molar refractivity (Wildman–Crippen MR) is 112 cm³/mol. The zero-order valence-electron chi connectivity index (χ0n) is 15.5. The van der Waals surface area contributed by atoms with Crippen molar-refractivity contribution in [3.63, 3.8) is 0 Å². The van der Waals surface area contributed by atoms with Crippen molar-refractivity contribution in [2.75, 3.05) is 0 Å². The van der Waals surface area contributed by atoms with Crippen LogP contribution in [0.15, 0.2) is 78.5 Å². The highest BCUT2D eigenvalue weighted by Gasteiger charge is 2.30. The van der Waals surface area contributed by atoms with Gasteiger partial charge >= 0.3 is 0 Å². The van der Waals surface area contributed by atoms with E-state index in [0.717, 1.165) is 29.8 Å². The molecule has 1 aromatic heterocycles. The molecule has 3 aromatic rings. The lowest BCUT2D eigenvalue weighted by Crippen LogP contribution is -2.30. The molecule has 1 aliphatic carbocycles. The predicted octanol–water partition coefficient (Wildman–Crippen LogP) is 4.24. The van der Waals surface area contributed by atoms with E-state index < -0.39 is 0 Å². The highest BCUT2D eigenvalue weighted by Crippen LogP contribution is 2.37. The second-order valence-corrected chi connectivity index (χ2v) is 7.84. The van der Waals surface area contributed by atoms with Gasteiger partial charge in [0.05, 0.1) is 0 Å². The zero-order valence-corrected chi connectivity index (χ0v) is 16.3. The van der Waals surface area contributed by atoms with Crippen LogP contribution in [0.1, 0.15) is 23.7 Å². The van der Waals surface area contributed by atoms with Crippen LogP contribution >= 0.6 is 11.8 Å². The molecular formula is C22H22N4OS. The molecule has 2 aromatic carbocycles. The van der Waals surface area contributed by atoms with Crippen molar-refractivity contribution in [2.24, 2.45) is 0 Å². The van der Waals surface area contributed by atoms with Crippen LogP contribution in [-0.4, -0.2) is 26.7 Å². The van der Waals surface area contributed by atoms with E-state index in [4.69, 9.17) is 0 Å². The fraction of sp³-hybridized carbons (Fsp3) is 0.227. The second kappa shape index (κ2) is 8.44. The van der Waals surface area contributed by atoms with E-state index in [2.05, 4.69) is 22.1 Å². The number of carbonyl (C=O) groups excluding carboxylic acids is 1. The minimum absolute atomic E-state index is 0.0214. The summed E-state index contributed by atoms with van der Waals surface area (Å²) in [6, 6.07) is 20.1. The summed E-state index contributed by atoms with van der Waals surface area (Å²) in [5.41, 5.74) is 1.95. The van der Waals surface area contributed by atoms with E-state index in [1.54, 1.807) is 0 Å². The van der Waals surface area contributed by atoms with E-state index in [9.17, 15) is 4.79 Å².